The summed E-state index contributed by atoms with van der Waals surface area (Å²) in [6.07, 6.45) is 0. The molecule has 0 unspecified atom stereocenters. The number of halogens is 2. The van der Waals surface area contributed by atoms with Crippen molar-refractivity contribution in [2.24, 2.45) is 0 Å². The molecule has 1 aliphatic heterocycles. The van der Waals surface area contributed by atoms with Crippen LogP contribution >= 0.6 is 23.2 Å². The molecule has 1 aromatic carbocycles. The maximum absolute atomic E-state index is 6.02. The van der Waals surface area contributed by atoms with Gasteiger partial charge in [-0.25, -0.2) is 0 Å². The number of benzene rings is 1. The number of rotatable bonds is 2. The Morgan fingerprint density at radius 3 is 2.71 bits per heavy atom. The average molecular weight is 273 g/mol. The van der Waals surface area contributed by atoms with E-state index in [4.69, 9.17) is 23.2 Å². The van der Waals surface area contributed by atoms with Crippen molar-refractivity contribution in [2.45, 2.75) is 25.9 Å². The quantitative estimate of drug-likeness (QED) is 0.890. The van der Waals surface area contributed by atoms with Gasteiger partial charge in [0.25, 0.3) is 0 Å². The molecule has 1 N–H and O–H groups in total. The van der Waals surface area contributed by atoms with Crippen molar-refractivity contribution in [1.82, 2.24) is 10.2 Å². The Kier molecular flexibility index (Phi) is 3.99. The summed E-state index contributed by atoms with van der Waals surface area (Å²) in [6.45, 7) is 8.55. The van der Waals surface area contributed by atoms with Gasteiger partial charge < -0.3 is 5.32 Å². The molecule has 2 rings (SSSR count). The highest BCUT2D eigenvalue weighted by molar-refractivity contribution is 6.42. The van der Waals surface area contributed by atoms with Crippen LogP contribution in [0.5, 0.6) is 0 Å². The van der Waals surface area contributed by atoms with Crippen LogP contribution in [0.3, 0.4) is 0 Å². The maximum atomic E-state index is 6.02. The van der Waals surface area contributed by atoms with Gasteiger partial charge >= 0.3 is 0 Å². The first-order valence-electron chi connectivity index (χ1n) is 5.88. The Labute approximate surface area is 113 Å². The van der Waals surface area contributed by atoms with Crippen molar-refractivity contribution in [3.05, 3.63) is 33.8 Å². The van der Waals surface area contributed by atoms with E-state index in [-0.39, 0.29) is 5.54 Å². The lowest BCUT2D eigenvalue weighted by molar-refractivity contribution is 0.148. The van der Waals surface area contributed by atoms with E-state index in [0.29, 0.717) is 10.0 Å². The van der Waals surface area contributed by atoms with Crippen molar-refractivity contribution in [2.75, 3.05) is 19.6 Å². The molecule has 94 valence electrons. The minimum Gasteiger partial charge on any atom is -0.309 e. The molecule has 1 saturated heterocycles. The molecular formula is C13H18Cl2N2. The van der Waals surface area contributed by atoms with Crippen LogP contribution in [0.1, 0.15) is 19.4 Å². The molecular weight excluding hydrogens is 255 g/mol. The number of nitrogens with one attached hydrogen (secondary N) is 1. The molecule has 2 nitrogen and oxygen atoms in total. The van der Waals surface area contributed by atoms with Crippen LogP contribution in [0.2, 0.25) is 10.0 Å². The normalized spacial score (nSPS) is 20.5. The van der Waals surface area contributed by atoms with Crippen molar-refractivity contribution < 1.29 is 0 Å². The summed E-state index contributed by atoms with van der Waals surface area (Å²) in [5.41, 5.74) is 1.41. The topological polar surface area (TPSA) is 15.3 Å². The molecule has 0 amide bonds. The lowest BCUT2D eigenvalue weighted by Gasteiger charge is -2.39. The summed E-state index contributed by atoms with van der Waals surface area (Å²) < 4.78 is 0. The molecule has 0 aliphatic carbocycles. The monoisotopic (exact) mass is 272 g/mol. The van der Waals surface area contributed by atoms with E-state index < -0.39 is 0 Å². The molecule has 17 heavy (non-hydrogen) atoms. The molecule has 0 bridgehead atoms. The summed E-state index contributed by atoms with van der Waals surface area (Å²) in [5.74, 6) is 0. The summed E-state index contributed by atoms with van der Waals surface area (Å²) in [6, 6.07) is 5.87. The first kappa shape index (κ1) is 13.2. The highest BCUT2D eigenvalue weighted by atomic mass is 35.5. The maximum Gasteiger partial charge on any atom is 0.0595 e. The standard InChI is InChI=1S/C13H18Cl2N2/c1-13(2)9-17(6-5-16-13)8-10-3-4-11(14)12(15)7-10/h3-4,7,16H,5-6,8-9H2,1-2H3. The van der Waals surface area contributed by atoms with E-state index in [9.17, 15) is 0 Å². The van der Waals surface area contributed by atoms with Gasteiger partial charge in [0.05, 0.1) is 10.0 Å². The first-order valence-corrected chi connectivity index (χ1v) is 6.63. The third-order valence-corrected chi connectivity index (χ3v) is 3.78. The number of piperazine rings is 1. The van der Waals surface area contributed by atoms with E-state index in [2.05, 4.69) is 24.1 Å². The van der Waals surface area contributed by atoms with Gasteiger partial charge in [0.2, 0.25) is 0 Å². The highest BCUT2D eigenvalue weighted by Crippen LogP contribution is 2.23. The van der Waals surface area contributed by atoms with E-state index in [1.165, 1.54) is 5.56 Å². The second-order valence-corrected chi connectivity index (χ2v) is 6.08. The van der Waals surface area contributed by atoms with Gasteiger partial charge in [0.1, 0.15) is 0 Å². The van der Waals surface area contributed by atoms with E-state index in [1.807, 2.05) is 18.2 Å². The predicted molar refractivity (Wildman–Crippen MR) is 73.8 cm³/mol. The number of nitrogens with zero attached hydrogens (tertiary/aromatic N) is 1. The third-order valence-electron chi connectivity index (χ3n) is 3.04. The Balaban J connectivity index is 2.03. The molecule has 0 atom stereocenters. The van der Waals surface area contributed by atoms with E-state index in [1.54, 1.807) is 0 Å². The lowest BCUT2D eigenvalue weighted by atomic mass is 10.0. The van der Waals surface area contributed by atoms with Gasteiger partial charge in [-0.3, -0.25) is 4.90 Å². The van der Waals surface area contributed by atoms with Crippen LogP contribution in [-0.2, 0) is 6.54 Å². The third kappa shape index (κ3) is 3.59. The average Bonchev–Trinajstić information content (AvgIpc) is 2.22. The molecule has 0 saturated carbocycles. The molecule has 1 aliphatic rings. The Hall–Kier alpha value is -0.280. The van der Waals surface area contributed by atoms with Crippen molar-refractivity contribution in [3.8, 4) is 0 Å². The van der Waals surface area contributed by atoms with Gasteiger partial charge in [-0.2, -0.15) is 0 Å². The van der Waals surface area contributed by atoms with Gasteiger partial charge in [-0.1, -0.05) is 29.3 Å². The van der Waals surface area contributed by atoms with Crippen LogP contribution in [0.15, 0.2) is 18.2 Å². The predicted octanol–water partition coefficient (Wildman–Crippen LogP) is 3.18. The molecule has 0 radical (unpaired) electrons. The molecule has 1 aromatic rings. The zero-order chi connectivity index (χ0) is 12.5. The Morgan fingerprint density at radius 1 is 1.29 bits per heavy atom. The van der Waals surface area contributed by atoms with E-state index >= 15 is 0 Å². The number of hydrogen-bond acceptors (Lipinski definition) is 2. The molecule has 4 heteroatoms. The van der Waals surface area contributed by atoms with Crippen molar-refractivity contribution in [3.63, 3.8) is 0 Å². The minimum absolute atomic E-state index is 0.189. The van der Waals surface area contributed by atoms with Gasteiger partial charge in [-0.15, -0.1) is 0 Å². The zero-order valence-corrected chi connectivity index (χ0v) is 11.8. The summed E-state index contributed by atoms with van der Waals surface area (Å²) in [7, 11) is 0. The fourth-order valence-electron chi connectivity index (χ4n) is 2.28. The minimum atomic E-state index is 0.189. The molecule has 0 aromatic heterocycles. The second kappa shape index (κ2) is 5.15. The van der Waals surface area contributed by atoms with Crippen LogP contribution in [0.25, 0.3) is 0 Å². The van der Waals surface area contributed by atoms with E-state index in [0.717, 1.165) is 26.2 Å². The Morgan fingerprint density at radius 2 is 2.06 bits per heavy atom. The second-order valence-electron chi connectivity index (χ2n) is 5.27. The lowest BCUT2D eigenvalue weighted by Crippen LogP contribution is -2.56. The van der Waals surface area contributed by atoms with Crippen molar-refractivity contribution in [1.29, 1.82) is 0 Å². The van der Waals surface area contributed by atoms with Crippen LogP contribution in [0.4, 0.5) is 0 Å². The zero-order valence-electron chi connectivity index (χ0n) is 10.3. The number of hydrogen-bond donors (Lipinski definition) is 1. The molecule has 1 heterocycles. The van der Waals surface area contributed by atoms with Crippen LogP contribution < -0.4 is 5.32 Å². The summed E-state index contributed by atoms with van der Waals surface area (Å²) in [5, 5.41) is 4.76. The van der Waals surface area contributed by atoms with Crippen LogP contribution in [0, 0.1) is 0 Å². The summed E-state index contributed by atoms with van der Waals surface area (Å²) in [4.78, 5) is 2.44. The SMILES string of the molecule is CC1(C)CN(Cc2ccc(Cl)c(Cl)c2)CCN1. The fraction of sp³-hybridized carbons (Fsp3) is 0.538. The first-order chi connectivity index (χ1) is 7.96. The van der Waals surface area contributed by atoms with Gasteiger partial charge in [0.15, 0.2) is 0 Å². The largest absolute Gasteiger partial charge is 0.309 e. The summed E-state index contributed by atoms with van der Waals surface area (Å²) >= 11 is 11.9. The highest BCUT2D eigenvalue weighted by Gasteiger charge is 2.25. The van der Waals surface area contributed by atoms with Crippen molar-refractivity contribution >= 4 is 23.2 Å². The van der Waals surface area contributed by atoms with Gasteiger partial charge in [-0.05, 0) is 31.5 Å². The van der Waals surface area contributed by atoms with Crippen LogP contribution in [-0.4, -0.2) is 30.1 Å². The molecule has 1 fully saturated rings. The Bertz CT molecular complexity index is 404. The smallest absolute Gasteiger partial charge is 0.0595 e. The fourth-order valence-corrected chi connectivity index (χ4v) is 2.60. The van der Waals surface area contributed by atoms with Gasteiger partial charge in [0, 0.05) is 31.7 Å². The molecule has 0 spiro atoms.